The highest BCUT2D eigenvalue weighted by Crippen LogP contribution is 2.21. The Kier molecular flexibility index (Phi) is 5.71. The van der Waals surface area contributed by atoms with E-state index >= 15 is 0 Å². The van der Waals surface area contributed by atoms with Crippen LogP contribution in [0.3, 0.4) is 0 Å². The molecule has 2 fully saturated rings. The summed E-state index contributed by atoms with van der Waals surface area (Å²) >= 11 is 4.13. The second-order valence-electron chi connectivity index (χ2n) is 5.81. The summed E-state index contributed by atoms with van der Waals surface area (Å²) < 4.78 is 5.02. The molecular formula is C15H23N3O2S2. The fraction of sp³-hybridized carbons (Fsp3) is 0.733. The van der Waals surface area contributed by atoms with Gasteiger partial charge in [-0.1, -0.05) is 5.16 Å². The smallest absolute Gasteiger partial charge is 0.276 e. The molecule has 122 valence electrons. The monoisotopic (exact) mass is 341 g/mol. The zero-order valence-corrected chi connectivity index (χ0v) is 14.6. The second kappa shape index (κ2) is 7.75. The minimum Gasteiger partial charge on any atom is -0.361 e. The molecule has 1 aromatic heterocycles. The predicted molar refractivity (Wildman–Crippen MR) is 91.8 cm³/mol. The molecule has 1 amide bonds. The van der Waals surface area contributed by atoms with Gasteiger partial charge in [0.1, 0.15) is 5.76 Å². The summed E-state index contributed by atoms with van der Waals surface area (Å²) in [5.74, 6) is 5.68. The highest BCUT2D eigenvalue weighted by atomic mass is 32.2. The van der Waals surface area contributed by atoms with Crippen LogP contribution in [0.2, 0.25) is 0 Å². The molecule has 3 heterocycles. The van der Waals surface area contributed by atoms with Gasteiger partial charge in [0, 0.05) is 61.3 Å². The third-order valence-electron chi connectivity index (χ3n) is 4.17. The number of nitrogens with zero attached hydrogens (tertiary/aromatic N) is 3. The number of hydrogen-bond acceptors (Lipinski definition) is 6. The fourth-order valence-corrected chi connectivity index (χ4v) is 5.58. The second-order valence-corrected chi connectivity index (χ2v) is 8.11. The van der Waals surface area contributed by atoms with Gasteiger partial charge in [0.05, 0.1) is 0 Å². The van der Waals surface area contributed by atoms with Crippen LogP contribution in [-0.4, -0.2) is 76.1 Å². The molecular weight excluding hydrogens is 318 g/mol. The fourth-order valence-electron chi connectivity index (χ4n) is 2.95. The molecule has 2 saturated heterocycles. The number of amides is 1. The van der Waals surface area contributed by atoms with Crippen molar-refractivity contribution in [3.05, 3.63) is 17.5 Å². The zero-order valence-electron chi connectivity index (χ0n) is 13.0. The summed E-state index contributed by atoms with van der Waals surface area (Å²) in [6, 6.07) is 2.38. The molecule has 7 heteroatoms. The van der Waals surface area contributed by atoms with Crippen LogP contribution in [-0.2, 0) is 0 Å². The average molecular weight is 342 g/mol. The topological polar surface area (TPSA) is 49.6 Å². The van der Waals surface area contributed by atoms with Crippen LogP contribution in [0.1, 0.15) is 22.7 Å². The van der Waals surface area contributed by atoms with E-state index in [1.165, 1.54) is 23.0 Å². The Bertz CT molecular complexity index is 501. The quantitative estimate of drug-likeness (QED) is 0.820. The first kappa shape index (κ1) is 16.2. The summed E-state index contributed by atoms with van der Waals surface area (Å²) in [7, 11) is 0. The Morgan fingerprint density at radius 2 is 2.00 bits per heavy atom. The molecule has 1 aromatic rings. The van der Waals surface area contributed by atoms with Crippen LogP contribution in [0.25, 0.3) is 0 Å². The molecule has 22 heavy (non-hydrogen) atoms. The maximum Gasteiger partial charge on any atom is 0.276 e. The Balaban J connectivity index is 1.58. The van der Waals surface area contributed by atoms with Gasteiger partial charge >= 0.3 is 0 Å². The van der Waals surface area contributed by atoms with E-state index in [-0.39, 0.29) is 5.91 Å². The lowest BCUT2D eigenvalue weighted by atomic mass is 10.3. The lowest BCUT2D eigenvalue weighted by molar-refractivity contribution is 0.0749. The standard InChI is InChI=1S/C15H23N3O2S2/c1-12-9-14(16-20-12)15(19)18-4-2-3-17(5-6-18)13-10-21-7-8-22-11-13/h9,13H,2-8,10-11H2,1H3. The van der Waals surface area contributed by atoms with Gasteiger partial charge in [0.15, 0.2) is 5.69 Å². The van der Waals surface area contributed by atoms with Crippen molar-refractivity contribution in [2.75, 3.05) is 49.2 Å². The first-order chi connectivity index (χ1) is 10.7. The predicted octanol–water partition coefficient (Wildman–Crippen LogP) is 1.98. The summed E-state index contributed by atoms with van der Waals surface area (Å²) in [4.78, 5) is 17.0. The molecule has 0 aliphatic carbocycles. The van der Waals surface area contributed by atoms with E-state index < -0.39 is 0 Å². The number of carbonyl (C=O) groups is 1. The molecule has 0 N–H and O–H groups in total. The number of carbonyl (C=O) groups excluding carboxylic acids is 1. The maximum absolute atomic E-state index is 12.5. The molecule has 0 aromatic carbocycles. The van der Waals surface area contributed by atoms with Gasteiger partial charge in [-0.15, -0.1) is 0 Å². The minimum atomic E-state index is 0.00307. The number of aryl methyl sites for hydroxylation is 1. The Morgan fingerprint density at radius 1 is 1.23 bits per heavy atom. The van der Waals surface area contributed by atoms with Crippen molar-refractivity contribution in [3.63, 3.8) is 0 Å². The van der Waals surface area contributed by atoms with Crippen molar-refractivity contribution in [1.82, 2.24) is 15.0 Å². The van der Waals surface area contributed by atoms with Crippen molar-refractivity contribution in [3.8, 4) is 0 Å². The van der Waals surface area contributed by atoms with Gasteiger partial charge in [-0.2, -0.15) is 23.5 Å². The van der Waals surface area contributed by atoms with Crippen LogP contribution in [0.15, 0.2) is 10.6 Å². The van der Waals surface area contributed by atoms with Gasteiger partial charge in [-0.05, 0) is 13.3 Å². The van der Waals surface area contributed by atoms with Crippen LogP contribution >= 0.6 is 23.5 Å². The van der Waals surface area contributed by atoms with Crippen LogP contribution in [0.4, 0.5) is 0 Å². The van der Waals surface area contributed by atoms with Crippen molar-refractivity contribution in [2.24, 2.45) is 0 Å². The van der Waals surface area contributed by atoms with E-state index in [1.807, 2.05) is 11.8 Å². The third kappa shape index (κ3) is 4.00. The maximum atomic E-state index is 12.5. The van der Waals surface area contributed by atoms with E-state index in [0.717, 1.165) is 32.6 Å². The number of aromatic nitrogens is 1. The van der Waals surface area contributed by atoms with Crippen molar-refractivity contribution in [1.29, 1.82) is 0 Å². The summed E-state index contributed by atoms with van der Waals surface area (Å²) in [6.07, 6.45) is 1.04. The van der Waals surface area contributed by atoms with Crippen LogP contribution < -0.4 is 0 Å². The molecule has 0 saturated carbocycles. The van der Waals surface area contributed by atoms with E-state index in [2.05, 4.69) is 33.6 Å². The van der Waals surface area contributed by atoms with E-state index in [0.29, 0.717) is 17.5 Å². The SMILES string of the molecule is Cc1cc(C(=O)N2CCCN(C3CSCCSC3)CC2)no1. The molecule has 0 spiro atoms. The molecule has 5 nitrogen and oxygen atoms in total. The first-order valence-electron chi connectivity index (χ1n) is 7.86. The van der Waals surface area contributed by atoms with Crippen molar-refractivity contribution >= 4 is 29.4 Å². The molecule has 3 rings (SSSR count). The molecule has 2 aliphatic heterocycles. The normalized spacial score (nSPS) is 22.3. The van der Waals surface area contributed by atoms with E-state index in [4.69, 9.17) is 4.52 Å². The molecule has 0 radical (unpaired) electrons. The zero-order chi connectivity index (χ0) is 15.4. The third-order valence-corrected chi connectivity index (χ3v) is 6.66. The summed E-state index contributed by atoms with van der Waals surface area (Å²) in [5.41, 5.74) is 0.437. The van der Waals surface area contributed by atoms with Crippen LogP contribution in [0.5, 0.6) is 0 Å². The number of thioether (sulfide) groups is 2. The molecule has 0 unspecified atom stereocenters. The van der Waals surface area contributed by atoms with Gasteiger partial charge in [-0.3, -0.25) is 9.69 Å². The highest BCUT2D eigenvalue weighted by Gasteiger charge is 2.26. The highest BCUT2D eigenvalue weighted by molar-refractivity contribution is 8.03. The largest absolute Gasteiger partial charge is 0.361 e. The van der Waals surface area contributed by atoms with E-state index in [1.54, 1.807) is 6.07 Å². The molecule has 2 aliphatic rings. The Hall–Kier alpha value is -0.660. The number of rotatable bonds is 2. The van der Waals surface area contributed by atoms with Gasteiger partial charge < -0.3 is 9.42 Å². The van der Waals surface area contributed by atoms with E-state index in [9.17, 15) is 4.79 Å². The summed E-state index contributed by atoms with van der Waals surface area (Å²) in [6.45, 7) is 5.47. The van der Waals surface area contributed by atoms with Crippen molar-refractivity contribution in [2.45, 2.75) is 19.4 Å². The van der Waals surface area contributed by atoms with Crippen molar-refractivity contribution < 1.29 is 9.32 Å². The summed E-state index contributed by atoms with van der Waals surface area (Å²) in [5, 5.41) is 3.86. The molecule has 0 bridgehead atoms. The van der Waals surface area contributed by atoms with Gasteiger partial charge in [0.2, 0.25) is 0 Å². The van der Waals surface area contributed by atoms with Crippen LogP contribution in [0, 0.1) is 6.92 Å². The minimum absolute atomic E-state index is 0.00307. The lowest BCUT2D eigenvalue weighted by Gasteiger charge is -2.29. The number of hydrogen-bond donors (Lipinski definition) is 0. The Labute approximate surface area is 140 Å². The Morgan fingerprint density at radius 3 is 2.68 bits per heavy atom. The lowest BCUT2D eigenvalue weighted by Crippen LogP contribution is -2.42. The molecule has 0 atom stereocenters. The van der Waals surface area contributed by atoms with Gasteiger partial charge in [0.25, 0.3) is 5.91 Å². The van der Waals surface area contributed by atoms with Gasteiger partial charge in [-0.25, -0.2) is 0 Å². The first-order valence-corrected chi connectivity index (χ1v) is 10.2. The average Bonchev–Trinajstić information content (AvgIpc) is 2.76.